The smallest absolute Gasteiger partial charge is 0.347 e. The molecular formula is C21H12O3. The van der Waals surface area contributed by atoms with Crippen LogP contribution in [0.4, 0.5) is 0 Å². The van der Waals surface area contributed by atoms with Gasteiger partial charge in [-0.3, -0.25) is 0 Å². The van der Waals surface area contributed by atoms with Crippen LogP contribution in [0.2, 0.25) is 0 Å². The van der Waals surface area contributed by atoms with E-state index in [4.69, 9.17) is 8.83 Å². The van der Waals surface area contributed by atoms with Gasteiger partial charge in [-0.1, -0.05) is 48.5 Å². The van der Waals surface area contributed by atoms with Crippen molar-refractivity contribution in [3.05, 3.63) is 83.2 Å². The number of hydrogen-bond donors (Lipinski definition) is 0. The Hall–Kier alpha value is -3.33. The Morgan fingerprint density at radius 3 is 2.38 bits per heavy atom. The second-order valence-electron chi connectivity index (χ2n) is 5.80. The summed E-state index contributed by atoms with van der Waals surface area (Å²) in [6.07, 6.45) is 0. The molecule has 0 aliphatic carbocycles. The maximum Gasteiger partial charge on any atom is 0.347 e. The lowest BCUT2D eigenvalue weighted by Gasteiger charge is -2.00. The third kappa shape index (κ3) is 1.88. The van der Waals surface area contributed by atoms with Crippen LogP contribution >= 0.6 is 0 Å². The molecule has 0 saturated heterocycles. The lowest BCUT2D eigenvalue weighted by molar-refractivity contribution is 0.565. The molecule has 0 bridgehead atoms. The summed E-state index contributed by atoms with van der Waals surface area (Å²) in [6.45, 7) is 0. The zero-order valence-electron chi connectivity index (χ0n) is 12.7. The van der Waals surface area contributed by atoms with Crippen molar-refractivity contribution < 1.29 is 8.83 Å². The van der Waals surface area contributed by atoms with Gasteiger partial charge in [-0.2, -0.15) is 0 Å². The van der Waals surface area contributed by atoms with E-state index in [9.17, 15) is 4.79 Å². The topological polar surface area (TPSA) is 43.4 Å². The molecular weight excluding hydrogens is 300 g/mol. The van der Waals surface area contributed by atoms with Crippen LogP contribution in [-0.4, -0.2) is 0 Å². The molecule has 2 heterocycles. The van der Waals surface area contributed by atoms with Gasteiger partial charge in [-0.15, -0.1) is 0 Å². The summed E-state index contributed by atoms with van der Waals surface area (Å²) in [5.74, 6) is 0.666. The van der Waals surface area contributed by atoms with Crippen LogP contribution in [0.25, 0.3) is 44.0 Å². The highest BCUT2D eigenvalue weighted by molar-refractivity contribution is 6.02. The third-order valence-corrected chi connectivity index (χ3v) is 4.32. The molecule has 5 aromatic rings. The van der Waals surface area contributed by atoms with Crippen LogP contribution in [0, 0.1) is 0 Å². The van der Waals surface area contributed by atoms with E-state index in [-0.39, 0.29) is 5.63 Å². The first kappa shape index (κ1) is 13.1. The molecule has 0 aliphatic rings. The van der Waals surface area contributed by atoms with E-state index in [1.54, 1.807) is 12.1 Å². The van der Waals surface area contributed by atoms with E-state index in [0.717, 1.165) is 16.3 Å². The van der Waals surface area contributed by atoms with Crippen LogP contribution in [0.15, 0.2) is 86.4 Å². The molecule has 0 amide bonds. The van der Waals surface area contributed by atoms with Crippen LogP contribution < -0.4 is 5.63 Å². The average Bonchev–Trinajstić information content (AvgIpc) is 3.08. The molecule has 3 nitrogen and oxygen atoms in total. The minimum absolute atomic E-state index is 0.375. The number of rotatable bonds is 1. The molecule has 0 unspecified atom stereocenters. The summed E-state index contributed by atoms with van der Waals surface area (Å²) in [4.78, 5) is 12.2. The molecule has 0 aliphatic heterocycles. The molecule has 5 rings (SSSR count). The van der Waals surface area contributed by atoms with E-state index in [2.05, 4.69) is 24.3 Å². The predicted molar refractivity (Wildman–Crippen MR) is 95.2 cm³/mol. The normalized spacial score (nSPS) is 11.5. The van der Waals surface area contributed by atoms with Crippen molar-refractivity contribution >= 4 is 32.7 Å². The maximum absolute atomic E-state index is 12.2. The summed E-state index contributed by atoms with van der Waals surface area (Å²) in [7, 11) is 0. The van der Waals surface area contributed by atoms with Gasteiger partial charge in [-0.25, -0.2) is 4.79 Å². The van der Waals surface area contributed by atoms with Crippen LogP contribution in [0.5, 0.6) is 0 Å². The van der Waals surface area contributed by atoms with E-state index in [1.165, 1.54) is 5.39 Å². The summed E-state index contributed by atoms with van der Waals surface area (Å²) in [5, 5.41) is 3.57. The van der Waals surface area contributed by atoms with Gasteiger partial charge in [0.05, 0.1) is 5.39 Å². The average molecular weight is 312 g/mol. The largest absolute Gasteiger partial charge is 0.455 e. The van der Waals surface area contributed by atoms with E-state index in [1.807, 2.05) is 36.4 Å². The fourth-order valence-electron chi connectivity index (χ4n) is 3.13. The highest BCUT2D eigenvalue weighted by atomic mass is 16.4. The number of hydrogen-bond acceptors (Lipinski definition) is 3. The molecule has 0 fully saturated rings. The van der Waals surface area contributed by atoms with E-state index >= 15 is 0 Å². The van der Waals surface area contributed by atoms with Gasteiger partial charge in [-0.05, 0) is 35.0 Å². The highest BCUT2D eigenvalue weighted by Gasteiger charge is 2.14. The van der Waals surface area contributed by atoms with Gasteiger partial charge < -0.3 is 8.83 Å². The Morgan fingerprint density at radius 1 is 0.667 bits per heavy atom. The van der Waals surface area contributed by atoms with Crippen molar-refractivity contribution in [2.45, 2.75) is 0 Å². The van der Waals surface area contributed by atoms with Crippen molar-refractivity contribution in [2.75, 3.05) is 0 Å². The third-order valence-electron chi connectivity index (χ3n) is 4.32. The first-order chi connectivity index (χ1) is 11.8. The second-order valence-corrected chi connectivity index (χ2v) is 5.80. The number of fused-ring (bicyclic) bond motifs is 4. The van der Waals surface area contributed by atoms with Crippen molar-refractivity contribution in [3.8, 4) is 11.3 Å². The molecule has 2 aromatic heterocycles. The van der Waals surface area contributed by atoms with Gasteiger partial charge in [0.15, 0.2) is 5.58 Å². The van der Waals surface area contributed by atoms with Gasteiger partial charge >= 0.3 is 5.63 Å². The second kappa shape index (κ2) is 4.83. The lowest BCUT2D eigenvalue weighted by atomic mass is 10.1. The van der Waals surface area contributed by atoms with Crippen molar-refractivity contribution in [1.29, 1.82) is 0 Å². The fourth-order valence-corrected chi connectivity index (χ4v) is 3.13. The molecule has 0 spiro atoms. The Morgan fingerprint density at radius 2 is 1.46 bits per heavy atom. The molecule has 0 saturated carbocycles. The molecule has 114 valence electrons. The molecule has 0 N–H and O–H groups in total. The minimum atomic E-state index is -0.375. The maximum atomic E-state index is 12.2. The predicted octanol–water partition coefficient (Wildman–Crippen LogP) is 5.36. The zero-order chi connectivity index (χ0) is 16.1. The first-order valence-electron chi connectivity index (χ1n) is 7.74. The van der Waals surface area contributed by atoms with Gasteiger partial charge in [0.2, 0.25) is 0 Å². The highest BCUT2D eigenvalue weighted by Crippen LogP contribution is 2.32. The molecule has 3 aromatic carbocycles. The zero-order valence-corrected chi connectivity index (χ0v) is 12.7. The number of para-hydroxylation sites is 1. The van der Waals surface area contributed by atoms with E-state index < -0.39 is 0 Å². The molecule has 0 atom stereocenters. The first-order valence-corrected chi connectivity index (χ1v) is 7.74. The fraction of sp³-hybridized carbons (Fsp3) is 0. The van der Waals surface area contributed by atoms with Crippen LogP contribution in [0.3, 0.4) is 0 Å². The molecule has 24 heavy (non-hydrogen) atoms. The Balaban J connectivity index is 1.81. The quantitative estimate of drug-likeness (QED) is 0.391. The van der Waals surface area contributed by atoms with Crippen molar-refractivity contribution in [2.24, 2.45) is 0 Å². The Bertz CT molecular complexity index is 1270. The van der Waals surface area contributed by atoms with Gasteiger partial charge in [0, 0.05) is 5.56 Å². The van der Waals surface area contributed by atoms with Gasteiger partial charge in [0.25, 0.3) is 0 Å². The summed E-state index contributed by atoms with van der Waals surface area (Å²) >= 11 is 0. The van der Waals surface area contributed by atoms with Crippen LogP contribution in [-0.2, 0) is 0 Å². The van der Waals surface area contributed by atoms with E-state index in [0.29, 0.717) is 22.3 Å². The van der Waals surface area contributed by atoms with Gasteiger partial charge in [0.1, 0.15) is 16.7 Å². The summed E-state index contributed by atoms with van der Waals surface area (Å²) < 4.78 is 11.4. The van der Waals surface area contributed by atoms with Crippen LogP contribution in [0.1, 0.15) is 0 Å². The standard InChI is InChI=1S/C21H12O3/c22-21-17-12-19(15-10-9-13-5-1-2-6-14(13)11-15)23-20(17)16-7-3-4-8-18(16)24-21/h1-12H. The lowest BCUT2D eigenvalue weighted by Crippen LogP contribution is -1.97. The summed E-state index contributed by atoms with van der Waals surface area (Å²) in [5.41, 5.74) is 1.67. The minimum Gasteiger partial charge on any atom is -0.455 e. The molecule has 3 heteroatoms. The Kier molecular flexibility index (Phi) is 2.65. The molecule has 0 radical (unpaired) electrons. The number of benzene rings is 3. The number of furan rings is 1. The van der Waals surface area contributed by atoms with Crippen molar-refractivity contribution in [3.63, 3.8) is 0 Å². The van der Waals surface area contributed by atoms with Crippen molar-refractivity contribution in [1.82, 2.24) is 0 Å². The monoisotopic (exact) mass is 312 g/mol. The SMILES string of the molecule is O=c1oc2ccccc2c2oc(-c3ccc4ccccc4c3)cc12. The summed E-state index contributed by atoms with van der Waals surface area (Å²) in [6, 6.07) is 23.4. The Labute approximate surface area is 136 Å².